The lowest BCUT2D eigenvalue weighted by atomic mass is 10.5. The summed E-state index contributed by atoms with van der Waals surface area (Å²) in [5.74, 6) is -0.234. The zero-order chi connectivity index (χ0) is 7.98. The third-order valence-electron chi connectivity index (χ3n) is 0.822. The quantitative estimate of drug-likeness (QED) is 0.484. The van der Waals surface area contributed by atoms with Crippen LogP contribution < -0.4 is 0 Å². The van der Waals surface area contributed by atoms with E-state index in [0.717, 1.165) is 0 Å². The summed E-state index contributed by atoms with van der Waals surface area (Å²) in [6.45, 7) is 2.20. The molecule has 0 atom stereocenters. The second kappa shape index (κ2) is 5.68. The third-order valence-corrected chi connectivity index (χ3v) is 2.07. The molecular formula is C6H10O2S2. The van der Waals surface area contributed by atoms with E-state index in [2.05, 4.69) is 4.74 Å². The van der Waals surface area contributed by atoms with E-state index < -0.39 is 0 Å². The van der Waals surface area contributed by atoms with Crippen molar-refractivity contribution in [3.63, 3.8) is 0 Å². The van der Waals surface area contributed by atoms with Crippen molar-refractivity contribution in [1.82, 2.24) is 0 Å². The van der Waals surface area contributed by atoms with Crippen LogP contribution in [0, 0.1) is 0 Å². The molecule has 0 saturated carbocycles. The van der Waals surface area contributed by atoms with Crippen LogP contribution in [-0.2, 0) is 9.53 Å². The Kier molecular flexibility index (Phi) is 5.63. The molecule has 0 saturated heterocycles. The summed E-state index contributed by atoms with van der Waals surface area (Å²) < 4.78 is 5.35. The molecule has 0 heterocycles. The van der Waals surface area contributed by atoms with Crippen molar-refractivity contribution in [1.29, 1.82) is 0 Å². The van der Waals surface area contributed by atoms with Gasteiger partial charge in [0.2, 0.25) is 0 Å². The molecule has 0 aliphatic heterocycles. The number of esters is 1. The number of ether oxygens (including phenoxy) is 1. The normalized spacial score (nSPS) is 9.00. The fourth-order valence-electron chi connectivity index (χ4n) is 0.402. The molecule has 58 valence electrons. The number of thioether (sulfide) groups is 1. The SMILES string of the molecule is CCOC(=O)CC(=S)SC. The molecule has 0 spiro atoms. The van der Waals surface area contributed by atoms with Gasteiger partial charge in [-0.3, -0.25) is 4.79 Å². The van der Waals surface area contributed by atoms with Gasteiger partial charge in [-0.1, -0.05) is 12.2 Å². The highest BCUT2D eigenvalue weighted by Gasteiger charge is 2.03. The molecule has 0 aliphatic carbocycles. The molecule has 0 bridgehead atoms. The van der Waals surface area contributed by atoms with Crippen molar-refractivity contribution in [2.75, 3.05) is 12.9 Å². The molecule has 4 heteroatoms. The van der Waals surface area contributed by atoms with Crippen molar-refractivity contribution in [2.45, 2.75) is 13.3 Å². The van der Waals surface area contributed by atoms with Crippen LogP contribution in [0.3, 0.4) is 0 Å². The van der Waals surface area contributed by atoms with E-state index in [9.17, 15) is 4.79 Å². The first-order valence-electron chi connectivity index (χ1n) is 2.93. The molecule has 0 radical (unpaired) electrons. The summed E-state index contributed by atoms with van der Waals surface area (Å²) in [4.78, 5) is 10.7. The van der Waals surface area contributed by atoms with Crippen LogP contribution in [0.5, 0.6) is 0 Å². The highest BCUT2D eigenvalue weighted by atomic mass is 32.2. The Morgan fingerprint density at radius 1 is 1.70 bits per heavy atom. The molecule has 0 amide bonds. The van der Waals surface area contributed by atoms with Gasteiger partial charge >= 0.3 is 5.97 Å². The fourth-order valence-corrected chi connectivity index (χ4v) is 0.782. The maximum absolute atomic E-state index is 10.7. The van der Waals surface area contributed by atoms with E-state index in [-0.39, 0.29) is 12.4 Å². The number of thiocarbonyl (C=S) groups is 1. The second-order valence-corrected chi connectivity index (χ2v) is 3.21. The van der Waals surface area contributed by atoms with Crippen LogP contribution >= 0.6 is 24.0 Å². The molecule has 0 N–H and O–H groups in total. The fraction of sp³-hybridized carbons (Fsp3) is 0.667. The predicted octanol–water partition coefficient (Wildman–Crippen LogP) is 1.63. The van der Waals surface area contributed by atoms with Crippen molar-refractivity contribution >= 4 is 34.1 Å². The average Bonchev–Trinajstić information content (AvgIpc) is 1.88. The minimum absolute atomic E-state index is 0.234. The van der Waals surface area contributed by atoms with E-state index in [1.807, 2.05) is 6.26 Å². The van der Waals surface area contributed by atoms with E-state index in [1.165, 1.54) is 11.8 Å². The van der Waals surface area contributed by atoms with E-state index >= 15 is 0 Å². The Bertz CT molecular complexity index is 134. The first kappa shape index (κ1) is 9.91. The van der Waals surface area contributed by atoms with Crippen molar-refractivity contribution < 1.29 is 9.53 Å². The zero-order valence-electron chi connectivity index (χ0n) is 6.05. The number of hydrogen-bond donors (Lipinski definition) is 0. The molecule has 0 unspecified atom stereocenters. The summed E-state index contributed by atoms with van der Waals surface area (Å²) in [5.41, 5.74) is 0. The lowest BCUT2D eigenvalue weighted by molar-refractivity contribution is -0.141. The van der Waals surface area contributed by atoms with Crippen LogP contribution in [0.4, 0.5) is 0 Å². The summed E-state index contributed by atoms with van der Waals surface area (Å²) in [6.07, 6.45) is 2.10. The van der Waals surface area contributed by atoms with Gasteiger partial charge < -0.3 is 4.74 Å². The first-order valence-corrected chi connectivity index (χ1v) is 4.56. The minimum Gasteiger partial charge on any atom is -0.466 e. The van der Waals surface area contributed by atoms with E-state index in [0.29, 0.717) is 10.8 Å². The maximum atomic E-state index is 10.7. The van der Waals surface area contributed by atoms with Crippen LogP contribution in [0.15, 0.2) is 0 Å². The highest BCUT2D eigenvalue weighted by molar-refractivity contribution is 8.22. The summed E-state index contributed by atoms with van der Waals surface area (Å²) >= 11 is 6.22. The predicted molar refractivity (Wildman–Crippen MR) is 47.4 cm³/mol. The molecule has 0 rings (SSSR count). The van der Waals surface area contributed by atoms with Gasteiger partial charge in [0.25, 0.3) is 0 Å². The third kappa shape index (κ3) is 4.76. The van der Waals surface area contributed by atoms with Crippen molar-refractivity contribution in [3.8, 4) is 0 Å². The standard InChI is InChI=1S/C6H10O2S2/c1-3-8-5(7)4-6(9)10-2/h3-4H2,1-2H3. The number of rotatable bonds is 3. The highest BCUT2D eigenvalue weighted by Crippen LogP contribution is 2.03. The Balaban J connectivity index is 3.47. The van der Waals surface area contributed by atoms with E-state index in [1.54, 1.807) is 6.92 Å². The Morgan fingerprint density at radius 3 is 2.70 bits per heavy atom. The van der Waals surface area contributed by atoms with Crippen molar-refractivity contribution in [3.05, 3.63) is 0 Å². The van der Waals surface area contributed by atoms with Gasteiger partial charge in [0.1, 0.15) is 0 Å². The van der Waals surface area contributed by atoms with Gasteiger partial charge in [0, 0.05) is 0 Å². The smallest absolute Gasteiger partial charge is 0.311 e. The van der Waals surface area contributed by atoms with Crippen LogP contribution in [0.25, 0.3) is 0 Å². The molecule has 0 aromatic heterocycles. The van der Waals surface area contributed by atoms with E-state index in [4.69, 9.17) is 12.2 Å². The number of hydrogen-bond acceptors (Lipinski definition) is 4. The molecular weight excluding hydrogens is 168 g/mol. The van der Waals surface area contributed by atoms with Crippen LogP contribution in [-0.4, -0.2) is 23.0 Å². The first-order chi connectivity index (χ1) is 4.70. The average molecular weight is 178 g/mol. The number of carbonyl (C=O) groups excluding carboxylic acids is 1. The topological polar surface area (TPSA) is 26.3 Å². The molecule has 0 aromatic rings. The lowest BCUT2D eigenvalue weighted by Gasteiger charge is -1.99. The molecule has 0 fully saturated rings. The Labute approximate surface area is 70.3 Å². The minimum atomic E-state index is -0.234. The summed E-state index contributed by atoms with van der Waals surface area (Å²) in [7, 11) is 0. The second-order valence-electron chi connectivity index (χ2n) is 1.56. The van der Waals surface area contributed by atoms with Gasteiger partial charge in [-0.2, -0.15) is 0 Å². The van der Waals surface area contributed by atoms with Crippen molar-refractivity contribution in [2.24, 2.45) is 0 Å². The Morgan fingerprint density at radius 2 is 2.30 bits per heavy atom. The molecule has 10 heavy (non-hydrogen) atoms. The molecule has 0 aliphatic rings. The monoisotopic (exact) mass is 178 g/mol. The van der Waals surface area contributed by atoms with Gasteiger partial charge in [-0.15, -0.1) is 11.8 Å². The van der Waals surface area contributed by atoms with Crippen LogP contribution in [0.2, 0.25) is 0 Å². The Hall–Kier alpha value is -0.0900. The zero-order valence-corrected chi connectivity index (χ0v) is 7.68. The largest absolute Gasteiger partial charge is 0.466 e. The van der Waals surface area contributed by atoms with Gasteiger partial charge in [-0.05, 0) is 13.2 Å². The molecule has 2 nitrogen and oxygen atoms in total. The number of carbonyl (C=O) groups is 1. The van der Waals surface area contributed by atoms with Gasteiger partial charge in [-0.25, -0.2) is 0 Å². The summed E-state index contributed by atoms with van der Waals surface area (Å²) in [5, 5.41) is 0. The lowest BCUT2D eigenvalue weighted by Crippen LogP contribution is -2.06. The van der Waals surface area contributed by atoms with Gasteiger partial charge in [0.15, 0.2) is 0 Å². The summed E-state index contributed by atoms with van der Waals surface area (Å²) in [6, 6.07) is 0. The maximum Gasteiger partial charge on any atom is 0.311 e. The van der Waals surface area contributed by atoms with Crippen LogP contribution in [0.1, 0.15) is 13.3 Å². The van der Waals surface area contributed by atoms with Gasteiger partial charge in [0.05, 0.1) is 17.2 Å². The molecule has 0 aromatic carbocycles.